The molecule has 114 valence electrons. The van der Waals surface area contributed by atoms with Gasteiger partial charge in [-0.05, 0) is 18.8 Å². The number of imidazole rings is 1. The molecule has 1 aromatic rings. The number of aromatic nitrogens is 2. The van der Waals surface area contributed by atoms with Crippen LogP contribution in [0.25, 0.3) is 0 Å². The van der Waals surface area contributed by atoms with E-state index in [1.165, 1.54) is 17.2 Å². The van der Waals surface area contributed by atoms with E-state index < -0.39 is 0 Å². The van der Waals surface area contributed by atoms with Gasteiger partial charge >= 0.3 is 0 Å². The van der Waals surface area contributed by atoms with Crippen LogP contribution >= 0.6 is 0 Å². The lowest BCUT2D eigenvalue weighted by atomic mass is 10.1. The Morgan fingerprint density at radius 3 is 2.95 bits per heavy atom. The van der Waals surface area contributed by atoms with E-state index in [1.807, 2.05) is 0 Å². The third-order valence-corrected chi connectivity index (χ3v) is 3.84. The minimum absolute atomic E-state index is 0.720. The van der Waals surface area contributed by atoms with Crippen LogP contribution < -0.4 is 5.32 Å². The van der Waals surface area contributed by atoms with Gasteiger partial charge in [0, 0.05) is 44.8 Å². The number of fused-ring (bicyclic) bond motifs is 1. The van der Waals surface area contributed by atoms with Crippen LogP contribution in [0, 0.1) is 5.92 Å². The van der Waals surface area contributed by atoms with Crippen molar-refractivity contribution in [1.29, 1.82) is 0 Å². The van der Waals surface area contributed by atoms with Gasteiger partial charge in [0.25, 0.3) is 0 Å². The maximum Gasteiger partial charge on any atom is 0.109 e. The smallest absolute Gasteiger partial charge is 0.109 e. The van der Waals surface area contributed by atoms with E-state index in [0.717, 1.165) is 64.4 Å². The predicted octanol–water partition coefficient (Wildman–Crippen LogP) is 2.54. The van der Waals surface area contributed by atoms with Crippen LogP contribution in [0.15, 0.2) is 0 Å². The molecule has 0 saturated heterocycles. The van der Waals surface area contributed by atoms with Gasteiger partial charge in [0.05, 0.1) is 12.3 Å². The van der Waals surface area contributed by atoms with Crippen LogP contribution in [-0.4, -0.2) is 29.3 Å². The highest BCUT2D eigenvalue weighted by atomic mass is 16.5. The lowest BCUT2D eigenvalue weighted by molar-refractivity contribution is 0.115. The van der Waals surface area contributed by atoms with Gasteiger partial charge in [-0.3, -0.25) is 0 Å². The molecule has 0 aliphatic carbocycles. The van der Waals surface area contributed by atoms with Crippen molar-refractivity contribution in [3.05, 3.63) is 17.2 Å². The fourth-order valence-electron chi connectivity index (χ4n) is 2.68. The monoisotopic (exact) mass is 279 g/mol. The van der Waals surface area contributed by atoms with Crippen LogP contribution in [0.4, 0.5) is 0 Å². The van der Waals surface area contributed by atoms with Crippen molar-refractivity contribution in [2.75, 3.05) is 19.8 Å². The highest BCUT2D eigenvalue weighted by molar-refractivity contribution is 5.20. The van der Waals surface area contributed by atoms with Crippen molar-refractivity contribution in [3.8, 4) is 0 Å². The Kier molecular flexibility index (Phi) is 6.05. The van der Waals surface area contributed by atoms with Crippen LogP contribution in [0.1, 0.15) is 50.8 Å². The average molecular weight is 279 g/mol. The first kappa shape index (κ1) is 15.5. The molecule has 1 aromatic heterocycles. The summed E-state index contributed by atoms with van der Waals surface area (Å²) in [6.45, 7) is 11.3. The Morgan fingerprint density at radius 2 is 2.20 bits per heavy atom. The Bertz CT molecular complexity index is 412. The second kappa shape index (κ2) is 7.79. The van der Waals surface area contributed by atoms with Crippen molar-refractivity contribution >= 4 is 0 Å². The van der Waals surface area contributed by atoms with Gasteiger partial charge < -0.3 is 14.6 Å². The van der Waals surface area contributed by atoms with E-state index in [9.17, 15) is 0 Å². The van der Waals surface area contributed by atoms with Crippen LogP contribution in [0.3, 0.4) is 0 Å². The molecule has 0 amide bonds. The first-order valence-corrected chi connectivity index (χ1v) is 8.08. The van der Waals surface area contributed by atoms with E-state index in [-0.39, 0.29) is 0 Å². The fourth-order valence-corrected chi connectivity index (χ4v) is 2.68. The molecule has 0 bridgehead atoms. The van der Waals surface area contributed by atoms with Gasteiger partial charge in [0.1, 0.15) is 5.82 Å². The summed E-state index contributed by atoms with van der Waals surface area (Å²) in [6.07, 6.45) is 4.46. The number of rotatable bonds is 8. The molecule has 1 aliphatic heterocycles. The summed E-state index contributed by atoms with van der Waals surface area (Å²) in [4.78, 5) is 4.81. The van der Waals surface area contributed by atoms with Crippen LogP contribution in [-0.2, 0) is 30.7 Å². The second-order valence-electron chi connectivity index (χ2n) is 6.04. The van der Waals surface area contributed by atoms with E-state index >= 15 is 0 Å². The zero-order valence-corrected chi connectivity index (χ0v) is 13.2. The quantitative estimate of drug-likeness (QED) is 0.743. The molecule has 20 heavy (non-hydrogen) atoms. The number of aryl methyl sites for hydroxylation is 1. The first-order chi connectivity index (χ1) is 9.72. The van der Waals surface area contributed by atoms with E-state index in [1.54, 1.807) is 0 Å². The average Bonchev–Trinajstić information content (AvgIpc) is 2.76. The minimum Gasteiger partial charge on any atom is -0.380 e. The van der Waals surface area contributed by atoms with Gasteiger partial charge in [0.2, 0.25) is 0 Å². The molecule has 2 rings (SSSR count). The summed E-state index contributed by atoms with van der Waals surface area (Å²) < 4.78 is 8.19. The normalized spacial score (nSPS) is 14.8. The SMILES string of the molecule is CCCc1nc2c(n1CCOCCC(C)C)CCNC2. The fraction of sp³-hybridized carbons (Fsp3) is 0.812. The summed E-state index contributed by atoms with van der Waals surface area (Å²) >= 11 is 0. The second-order valence-corrected chi connectivity index (χ2v) is 6.04. The molecule has 0 unspecified atom stereocenters. The van der Waals surface area contributed by atoms with Gasteiger partial charge in [0.15, 0.2) is 0 Å². The maximum atomic E-state index is 5.78. The molecule has 0 aromatic carbocycles. The number of nitrogens with zero attached hydrogens (tertiary/aromatic N) is 2. The van der Waals surface area contributed by atoms with Gasteiger partial charge in [-0.1, -0.05) is 20.8 Å². The topological polar surface area (TPSA) is 39.1 Å². The lowest BCUT2D eigenvalue weighted by Gasteiger charge is -2.16. The molecule has 0 atom stereocenters. The molecule has 4 heteroatoms. The van der Waals surface area contributed by atoms with Crippen molar-refractivity contribution in [1.82, 2.24) is 14.9 Å². The summed E-state index contributed by atoms with van der Waals surface area (Å²) in [5.74, 6) is 1.96. The molecular weight excluding hydrogens is 250 g/mol. The molecule has 4 nitrogen and oxygen atoms in total. The van der Waals surface area contributed by atoms with E-state index in [2.05, 4.69) is 30.7 Å². The predicted molar refractivity (Wildman–Crippen MR) is 81.9 cm³/mol. The van der Waals surface area contributed by atoms with Crippen molar-refractivity contribution < 1.29 is 4.74 Å². The van der Waals surface area contributed by atoms with Crippen molar-refractivity contribution in [2.24, 2.45) is 5.92 Å². The zero-order chi connectivity index (χ0) is 14.4. The molecular formula is C16H29N3O. The molecule has 1 aliphatic rings. The Labute approximate surface area is 122 Å². The highest BCUT2D eigenvalue weighted by Crippen LogP contribution is 2.17. The van der Waals surface area contributed by atoms with Crippen molar-refractivity contribution in [2.45, 2.75) is 59.5 Å². The van der Waals surface area contributed by atoms with Crippen molar-refractivity contribution in [3.63, 3.8) is 0 Å². The summed E-state index contributed by atoms with van der Waals surface area (Å²) in [7, 11) is 0. The highest BCUT2D eigenvalue weighted by Gasteiger charge is 2.18. The Balaban J connectivity index is 1.93. The van der Waals surface area contributed by atoms with Gasteiger partial charge in [-0.15, -0.1) is 0 Å². The summed E-state index contributed by atoms with van der Waals surface area (Å²) in [6, 6.07) is 0. The molecule has 1 N–H and O–H groups in total. The number of hydrogen-bond acceptors (Lipinski definition) is 3. The first-order valence-electron chi connectivity index (χ1n) is 8.08. The van der Waals surface area contributed by atoms with Crippen LogP contribution in [0.5, 0.6) is 0 Å². The number of hydrogen-bond donors (Lipinski definition) is 1. The van der Waals surface area contributed by atoms with Gasteiger partial charge in [-0.25, -0.2) is 4.98 Å². The zero-order valence-electron chi connectivity index (χ0n) is 13.2. The third kappa shape index (κ3) is 4.06. The number of ether oxygens (including phenoxy) is 1. The lowest BCUT2D eigenvalue weighted by Crippen LogP contribution is -2.25. The van der Waals surface area contributed by atoms with Gasteiger partial charge in [-0.2, -0.15) is 0 Å². The van der Waals surface area contributed by atoms with E-state index in [0.29, 0.717) is 0 Å². The van der Waals surface area contributed by atoms with E-state index in [4.69, 9.17) is 9.72 Å². The molecule has 0 radical (unpaired) electrons. The number of nitrogens with one attached hydrogen (secondary N) is 1. The Hall–Kier alpha value is -0.870. The molecule has 0 saturated carbocycles. The summed E-state index contributed by atoms with van der Waals surface area (Å²) in [5.41, 5.74) is 2.68. The Morgan fingerprint density at radius 1 is 1.35 bits per heavy atom. The molecule has 2 heterocycles. The maximum absolute atomic E-state index is 5.78. The summed E-state index contributed by atoms with van der Waals surface area (Å²) in [5, 5.41) is 3.41. The van der Waals surface area contributed by atoms with Crippen LogP contribution in [0.2, 0.25) is 0 Å². The molecule has 0 fully saturated rings. The largest absolute Gasteiger partial charge is 0.380 e. The minimum atomic E-state index is 0.720. The standard InChI is InChI=1S/C16H29N3O/c1-4-5-16-18-14-12-17-8-6-15(14)19(16)9-11-20-10-7-13(2)3/h13,17H,4-12H2,1-3H3. The third-order valence-electron chi connectivity index (χ3n) is 3.84. The molecule has 0 spiro atoms.